The SMILES string of the molecule is COC(=O)c1ccc(NC(C)c2ccccc2OC)cc1. The first-order valence-corrected chi connectivity index (χ1v) is 6.73. The lowest BCUT2D eigenvalue weighted by atomic mass is 10.1. The van der Waals surface area contributed by atoms with E-state index in [-0.39, 0.29) is 12.0 Å². The zero-order valence-electron chi connectivity index (χ0n) is 12.4. The van der Waals surface area contributed by atoms with E-state index in [1.54, 1.807) is 19.2 Å². The predicted octanol–water partition coefficient (Wildman–Crippen LogP) is 3.65. The number of anilines is 1. The Morgan fingerprint density at radius 2 is 1.71 bits per heavy atom. The number of hydrogen-bond donors (Lipinski definition) is 1. The molecular formula is C17H19NO3. The van der Waals surface area contributed by atoms with Crippen LogP contribution in [-0.2, 0) is 4.74 Å². The van der Waals surface area contributed by atoms with Gasteiger partial charge in [0.2, 0.25) is 0 Å². The summed E-state index contributed by atoms with van der Waals surface area (Å²) in [4.78, 5) is 11.4. The van der Waals surface area contributed by atoms with Gasteiger partial charge in [-0.2, -0.15) is 0 Å². The minimum Gasteiger partial charge on any atom is -0.496 e. The monoisotopic (exact) mass is 285 g/mol. The second-order valence-electron chi connectivity index (χ2n) is 4.68. The Kier molecular flexibility index (Phi) is 4.82. The van der Waals surface area contributed by atoms with Crippen LogP contribution >= 0.6 is 0 Å². The van der Waals surface area contributed by atoms with E-state index in [0.29, 0.717) is 5.56 Å². The Morgan fingerprint density at radius 3 is 2.33 bits per heavy atom. The summed E-state index contributed by atoms with van der Waals surface area (Å²) in [6.45, 7) is 2.06. The van der Waals surface area contributed by atoms with Gasteiger partial charge in [-0.3, -0.25) is 0 Å². The standard InChI is InChI=1S/C17H19NO3/c1-12(15-6-4-5-7-16(15)20-2)18-14-10-8-13(9-11-14)17(19)21-3/h4-12,18H,1-3H3. The lowest BCUT2D eigenvalue weighted by Crippen LogP contribution is -2.08. The molecule has 0 aliphatic rings. The van der Waals surface area contributed by atoms with E-state index >= 15 is 0 Å². The van der Waals surface area contributed by atoms with Gasteiger partial charge in [0, 0.05) is 11.3 Å². The number of benzene rings is 2. The summed E-state index contributed by atoms with van der Waals surface area (Å²) in [5.74, 6) is 0.517. The third-order valence-corrected chi connectivity index (χ3v) is 3.29. The number of para-hydroxylation sites is 1. The molecule has 0 spiro atoms. The fraction of sp³-hybridized carbons (Fsp3) is 0.235. The lowest BCUT2D eigenvalue weighted by Gasteiger charge is -2.18. The molecule has 4 nitrogen and oxygen atoms in total. The Balaban J connectivity index is 2.12. The summed E-state index contributed by atoms with van der Waals surface area (Å²) in [6.07, 6.45) is 0. The highest BCUT2D eigenvalue weighted by atomic mass is 16.5. The van der Waals surface area contributed by atoms with Crippen LogP contribution < -0.4 is 10.1 Å². The van der Waals surface area contributed by atoms with Crippen LogP contribution in [0.4, 0.5) is 5.69 Å². The summed E-state index contributed by atoms with van der Waals surface area (Å²) >= 11 is 0. The van der Waals surface area contributed by atoms with Gasteiger partial charge in [-0.1, -0.05) is 18.2 Å². The van der Waals surface area contributed by atoms with Gasteiger partial charge in [0.05, 0.1) is 25.8 Å². The Morgan fingerprint density at radius 1 is 1.05 bits per heavy atom. The first-order chi connectivity index (χ1) is 10.2. The highest BCUT2D eigenvalue weighted by Crippen LogP contribution is 2.27. The number of methoxy groups -OCH3 is 2. The number of carbonyl (C=O) groups is 1. The van der Waals surface area contributed by atoms with E-state index in [1.165, 1.54) is 7.11 Å². The second-order valence-corrected chi connectivity index (χ2v) is 4.68. The van der Waals surface area contributed by atoms with Crippen LogP contribution in [0, 0.1) is 0 Å². The minimum atomic E-state index is -0.334. The van der Waals surface area contributed by atoms with Crippen molar-refractivity contribution < 1.29 is 14.3 Å². The average Bonchev–Trinajstić information content (AvgIpc) is 2.54. The molecule has 21 heavy (non-hydrogen) atoms. The summed E-state index contributed by atoms with van der Waals surface area (Å²) in [5, 5.41) is 3.38. The Bertz CT molecular complexity index is 608. The van der Waals surface area contributed by atoms with Crippen LogP contribution in [-0.4, -0.2) is 20.2 Å². The van der Waals surface area contributed by atoms with Gasteiger partial charge in [-0.25, -0.2) is 4.79 Å². The lowest BCUT2D eigenvalue weighted by molar-refractivity contribution is 0.0601. The van der Waals surface area contributed by atoms with Crippen LogP contribution in [0.3, 0.4) is 0 Å². The maximum Gasteiger partial charge on any atom is 0.337 e. The van der Waals surface area contributed by atoms with Crippen molar-refractivity contribution in [3.63, 3.8) is 0 Å². The molecule has 0 aromatic heterocycles. The quantitative estimate of drug-likeness (QED) is 0.852. The molecule has 0 aliphatic heterocycles. The highest BCUT2D eigenvalue weighted by Gasteiger charge is 2.11. The zero-order chi connectivity index (χ0) is 15.2. The predicted molar refractivity (Wildman–Crippen MR) is 82.8 cm³/mol. The molecular weight excluding hydrogens is 266 g/mol. The summed E-state index contributed by atoms with van der Waals surface area (Å²) in [7, 11) is 3.04. The van der Waals surface area contributed by atoms with Gasteiger partial charge in [0.1, 0.15) is 5.75 Å². The number of hydrogen-bond acceptors (Lipinski definition) is 4. The molecule has 0 heterocycles. The van der Waals surface area contributed by atoms with Crippen LogP contribution in [0.2, 0.25) is 0 Å². The molecule has 1 N–H and O–H groups in total. The molecule has 1 unspecified atom stereocenters. The van der Waals surface area contributed by atoms with E-state index in [1.807, 2.05) is 36.4 Å². The molecule has 0 aliphatic carbocycles. The smallest absolute Gasteiger partial charge is 0.337 e. The summed E-state index contributed by atoms with van der Waals surface area (Å²) < 4.78 is 10.0. The van der Waals surface area contributed by atoms with Crippen molar-refractivity contribution in [1.29, 1.82) is 0 Å². The molecule has 0 saturated carbocycles. The highest BCUT2D eigenvalue weighted by molar-refractivity contribution is 5.89. The summed E-state index contributed by atoms with van der Waals surface area (Å²) in [5.41, 5.74) is 2.55. The van der Waals surface area contributed by atoms with Crippen molar-refractivity contribution >= 4 is 11.7 Å². The first kappa shape index (κ1) is 14.9. The molecule has 4 heteroatoms. The number of ether oxygens (including phenoxy) is 2. The third kappa shape index (κ3) is 3.54. The van der Waals surface area contributed by atoms with Gasteiger partial charge >= 0.3 is 5.97 Å². The zero-order valence-corrected chi connectivity index (χ0v) is 12.4. The normalized spacial score (nSPS) is 11.6. The maximum absolute atomic E-state index is 11.4. The van der Waals surface area contributed by atoms with E-state index < -0.39 is 0 Å². The van der Waals surface area contributed by atoms with Gasteiger partial charge in [-0.05, 0) is 37.3 Å². The number of carbonyl (C=O) groups excluding carboxylic acids is 1. The molecule has 0 amide bonds. The molecule has 2 rings (SSSR count). The van der Waals surface area contributed by atoms with E-state index in [2.05, 4.69) is 17.0 Å². The van der Waals surface area contributed by atoms with Gasteiger partial charge in [0.25, 0.3) is 0 Å². The number of nitrogens with one attached hydrogen (secondary N) is 1. The first-order valence-electron chi connectivity index (χ1n) is 6.73. The van der Waals surface area contributed by atoms with Crippen molar-refractivity contribution in [2.45, 2.75) is 13.0 Å². The largest absolute Gasteiger partial charge is 0.496 e. The molecule has 0 saturated heterocycles. The van der Waals surface area contributed by atoms with Gasteiger partial charge < -0.3 is 14.8 Å². The topological polar surface area (TPSA) is 47.6 Å². The van der Waals surface area contributed by atoms with E-state index in [4.69, 9.17) is 4.74 Å². The second kappa shape index (κ2) is 6.79. The molecule has 0 fully saturated rings. The Labute approximate surface area is 124 Å². The average molecular weight is 285 g/mol. The van der Waals surface area contributed by atoms with Crippen LogP contribution in [0.15, 0.2) is 48.5 Å². The molecule has 110 valence electrons. The van der Waals surface area contributed by atoms with Crippen molar-refractivity contribution in [3.05, 3.63) is 59.7 Å². The molecule has 0 radical (unpaired) electrons. The van der Waals surface area contributed by atoms with Gasteiger partial charge in [0.15, 0.2) is 0 Å². The molecule has 2 aromatic carbocycles. The molecule has 1 atom stereocenters. The fourth-order valence-corrected chi connectivity index (χ4v) is 2.17. The fourth-order valence-electron chi connectivity index (χ4n) is 2.17. The van der Waals surface area contributed by atoms with Crippen molar-refractivity contribution in [1.82, 2.24) is 0 Å². The number of rotatable bonds is 5. The van der Waals surface area contributed by atoms with Crippen molar-refractivity contribution in [3.8, 4) is 5.75 Å². The van der Waals surface area contributed by atoms with Crippen molar-refractivity contribution in [2.75, 3.05) is 19.5 Å². The van der Waals surface area contributed by atoms with E-state index in [9.17, 15) is 4.79 Å². The summed E-state index contributed by atoms with van der Waals surface area (Å²) in [6, 6.07) is 15.2. The van der Waals surface area contributed by atoms with Crippen LogP contribution in [0.25, 0.3) is 0 Å². The van der Waals surface area contributed by atoms with Crippen molar-refractivity contribution in [2.24, 2.45) is 0 Å². The van der Waals surface area contributed by atoms with Gasteiger partial charge in [-0.15, -0.1) is 0 Å². The maximum atomic E-state index is 11.4. The molecule has 0 bridgehead atoms. The molecule has 2 aromatic rings. The number of esters is 1. The third-order valence-electron chi connectivity index (χ3n) is 3.29. The van der Waals surface area contributed by atoms with Crippen LogP contribution in [0.5, 0.6) is 5.75 Å². The minimum absolute atomic E-state index is 0.0881. The van der Waals surface area contributed by atoms with E-state index in [0.717, 1.165) is 17.0 Å². The Hall–Kier alpha value is -2.49. The van der Waals surface area contributed by atoms with Crippen LogP contribution in [0.1, 0.15) is 28.9 Å².